The van der Waals surface area contributed by atoms with Crippen LogP contribution in [0.4, 0.5) is 0 Å². The number of hydrogen-bond acceptors (Lipinski definition) is 1. The topological polar surface area (TPSA) is 9.23 Å². The Kier molecular flexibility index (Phi) is 2.55. The first-order valence-corrected chi connectivity index (χ1v) is 3.60. The second-order valence-corrected chi connectivity index (χ2v) is 2.68. The van der Waals surface area contributed by atoms with Gasteiger partial charge in [-0.1, -0.05) is 17.7 Å². The third-order valence-electron chi connectivity index (χ3n) is 1.60. The smallest absolute Gasteiger partial charge is 0.0923 e. The van der Waals surface area contributed by atoms with Crippen LogP contribution in [0.25, 0.3) is 0 Å². The molecule has 0 saturated carbocycles. The minimum atomic E-state index is 0.181. The monoisotopic (exact) mass is 146 g/mol. The molecule has 0 spiro atoms. The van der Waals surface area contributed by atoms with E-state index in [1.807, 2.05) is 6.08 Å². The number of halogens is 1. The number of rotatable bonds is 1. The Morgan fingerprint density at radius 1 is 1.78 bits per heavy atom. The minimum Gasteiger partial charge on any atom is -0.376 e. The third-order valence-corrected chi connectivity index (χ3v) is 2.00. The highest BCUT2D eigenvalue weighted by atomic mass is 35.5. The molecule has 9 heavy (non-hydrogen) atoms. The lowest BCUT2D eigenvalue weighted by atomic mass is 10.1. The lowest BCUT2D eigenvalue weighted by Gasteiger charge is -2.17. The van der Waals surface area contributed by atoms with E-state index in [1.165, 1.54) is 6.42 Å². The van der Waals surface area contributed by atoms with E-state index in [4.69, 9.17) is 16.3 Å². The molecule has 2 heteroatoms. The molecule has 1 aliphatic rings. The Morgan fingerprint density at radius 3 is 3.00 bits per heavy atom. The van der Waals surface area contributed by atoms with Crippen LogP contribution in [-0.4, -0.2) is 13.2 Å². The van der Waals surface area contributed by atoms with Crippen molar-refractivity contribution >= 4 is 11.6 Å². The maximum Gasteiger partial charge on any atom is 0.0923 e. The fourth-order valence-corrected chi connectivity index (χ4v) is 1.35. The summed E-state index contributed by atoms with van der Waals surface area (Å²) in [6, 6.07) is 0. The van der Waals surface area contributed by atoms with Gasteiger partial charge >= 0.3 is 0 Å². The van der Waals surface area contributed by atoms with Gasteiger partial charge in [0, 0.05) is 12.1 Å². The zero-order valence-electron chi connectivity index (χ0n) is 5.56. The first-order chi connectivity index (χ1) is 4.34. The lowest BCUT2D eigenvalue weighted by molar-refractivity contribution is 0.124. The fourth-order valence-electron chi connectivity index (χ4n) is 1.04. The summed E-state index contributed by atoms with van der Waals surface area (Å²) in [7, 11) is 1.70. The van der Waals surface area contributed by atoms with Crippen molar-refractivity contribution < 1.29 is 4.74 Å². The molecule has 0 fully saturated rings. The molecule has 0 N–H and O–H groups in total. The van der Waals surface area contributed by atoms with E-state index in [2.05, 4.69) is 0 Å². The zero-order chi connectivity index (χ0) is 6.69. The molecule has 1 nitrogen and oxygen atoms in total. The van der Waals surface area contributed by atoms with E-state index in [-0.39, 0.29) is 6.10 Å². The highest BCUT2D eigenvalue weighted by Gasteiger charge is 2.13. The van der Waals surface area contributed by atoms with E-state index in [0.29, 0.717) is 0 Å². The maximum absolute atomic E-state index is 5.82. The summed E-state index contributed by atoms with van der Waals surface area (Å²) in [5.41, 5.74) is 0. The van der Waals surface area contributed by atoms with Crippen molar-refractivity contribution in [1.82, 2.24) is 0 Å². The van der Waals surface area contributed by atoms with Crippen molar-refractivity contribution in [3.05, 3.63) is 11.1 Å². The van der Waals surface area contributed by atoms with Gasteiger partial charge in [0.15, 0.2) is 0 Å². The fraction of sp³-hybridized carbons (Fsp3) is 0.714. The van der Waals surface area contributed by atoms with E-state index in [0.717, 1.165) is 17.9 Å². The van der Waals surface area contributed by atoms with Crippen molar-refractivity contribution in [2.45, 2.75) is 25.4 Å². The second kappa shape index (κ2) is 3.23. The summed E-state index contributed by atoms with van der Waals surface area (Å²) in [6.07, 6.45) is 5.61. The molecule has 0 aromatic rings. The van der Waals surface area contributed by atoms with Gasteiger partial charge < -0.3 is 4.74 Å². The average Bonchev–Trinajstić information content (AvgIpc) is 1.89. The van der Waals surface area contributed by atoms with Crippen LogP contribution < -0.4 is 0 Å². The quantitative estimate of drug-likeness (QED) is 0.552. The van der Waals surface area contributed by atoms with Gasteiger partial charge in [-0.2, -0.15) is 0 Å². The number of ether oxygens (including phenoxy) is 1. The summed E-state index contributed by atoms with van der Waals surface area (Å²) >= 11 is 5.82. The SMILES string of the molecule is COC1CCCC=C1Cl. The van der Waals surface area contributed by atoms with Crippen molar-refractivity contribution in [1.29, 1.82) is 0 Å². The van der Waals surface area contributed by atoms with Crippen molar-refractivity contribution in [2.24, 2.45) is 0 Å². The molecule has 1 aliphatic carbocycles. The molecule has 0 radical (unpaired) electrons. The molecule has 0 aromatic carbocycles. The first-order valence-electron chi connectivity index (χ1n) is 3.23. The van der Waals surface area contributed by atoms with Crippen molar-refractivity contribution in [3.63, 3.8) is 0 Å². The standard InChI is InChI=1S/C7H11ClO/c1-9-7-5-3-2-4-6(7)8/h4,7H,2-3,5H2,1H3. The average molecular weight is 147 g/mol. The van der Waals surface area contributed by atoms with E-state index >= 15 is 0 Å². The summed E-state index contributed by atoms with van der Waals surface area (Å²) < 4.78 is 5.10. The molecule has 0 bridgehead atoms. The van der Waals surface area contributed by atoms with Gasteiger partial charge in [0.25, 0.3) is 0 Å². The van der Waals surface area contributed by atoms with Gasteiger partial charge in [0.2, 0.25) is 0 Å². The van der Waals surface area contributed by atoms with Crippen LogP contribution in [0.3, 0.4) is 0 Å². The van der Waals surface area contributed by atoms with Crippen molar-refractivity contribution in [3.8, 4) is 0 Å². The third kappa shape index (κ3) is 1.70. The highest BCUT2D eigenvalue weighted by Crippen LogP contribution is 2.22. The van der Waals surface area contributed by atoms with Crippen LogP contribution in [0, 0.1) is 0 Å². The van der Waals surface area contributed by atoms with Gasteiger partial charge in [-0.15, -0.1) is 0 Å². The normalized spacial score (nSPS) is 27.8. The summed E-state index contributed by atoms with van der Waals surface area (Å²) in [5, 5.41) is 0.878. The Bertz CT molecular complexity index is 120. The van der Waals surface area contributed by atoms with Gasteiger partial charge in [-0.3, -0.25) is 0 Å². The Morgan fingerprint density at radius 2 is 2.56 bits per heavy atom. The summed E-state index contributed by atoms with van der Waals surface area (Å²) in [5.74, 6) is 0. The molecule has 0 saturated heterocycles. The van der Waals surface area contributed by atoms with Gasteiger partial charge in [0.05, 0.1) is 6.10 Å². The van der Waals surface area contributed by atoms with Crippen LogP contribution in [0.2, 0.25) is 0 Å². The van der Waals surface area contributed by atoms with Crippen LogP contribution in [0.1, 0.15) is 19.3 Å². The number of hydrogen-bond donors (Lipinski definition) is 0. The first kappa shape index (κ1) is 7.10. The van der Waals surface area contributed by atoms with Gasteiger partial charge in [0.1, 0.15) is 0 Å². The maximum atomic E-state index is 5.82. The molecule has 1 atom stereocenters. The molecular weight excluding hydrogens is 136 g/mol. The minimum absolute atomic E-state index is 0.181. The van der Waals surface area contributed by atoms with Crippen LogP contribution in [-0.2, 0) is 4.74 Å². The molecule has 0 aliphatic heterocycles. The molecule has 0 amide bonds. The Balaban J connectivity index is 2.50. The van der Waals surface area contributed by atoms with Gasteiger partial charge in [-0.05, 0) is 19.3 Å². The predicted octanol–water partition coefficient (Wildman–Crippen LogP) is 2.31. The van der Waals surface area contributed by atoms with Crippen LogP contribution in [0.15, 0.2) is 11.1 Å². The zero-order valence-corrected chi connectivity index (χ0v) is 6.32. The number of methoxy groups -OCH3 is 1. The molecule has 0 aromatic heterocycles. The highest BCUT2D eigenvalue weighted by molar-refractivity contribution is 6.30. The second-order valence-electron chi connectivity index (χ2n) is 2.24. The lowest BCUT2D eigenvalue weighted by Crippen LogP contribution is -2.13. The largest absolute Gasteiger partial charge is 0.376 e. The van der Waals surface area contributed by atoms with E-state index in [9.17, 15) is 0 Å². The molecule has 52 valence electrons. The molecule has 1 unspecified atom stereocenters. The Labute approximate surface area is 60.7 Å². The van der Waals surface area contributed by atoms with Crippen molar-refractivity contribution in [2.75, 3.05) is 7.11 Å². The Hall–Kier alpha value is -0.0100. The summed E-state index contributed by atoms with van der Waals surface area (Å²) in [6.45, 7) is 0. The molecular formula is C7H11ClO. The number of allylic oxidation sites excluding steroid dienone is 1. The molecule has 1 rings (SSSR count). The van der Waals surface area contributed by atoms with Gasteiger partial charge in [-0.25, -0.2) is 0 Å². The molecule has 0 heterocycles. The van der Waals surface area contributed by atoms with E-state index < -0.39 is 0 Å². The van der Waals surface area contributed by atoms with Crippen LogP contribution >= 0.6 is 11.6 Å². The van der Waals surface area contributed by atoms with E-state index in [1.54, 1.807) is 7.11 Å². The summed E-state index contributed by atoms with van der Waals surface area (Å²) in [4.78, 5) is 0. The van der Waals surface area contributed by atoms with Crippen LogP contribution in [0.5, 0.6) is 0 Å². The predicted molar refractivity (Wildman–Crippen MR) is 38.6 cm³/mol.